The highest BCUT2D eigenvalue weighted by Crippen LogP contribution is 2.31. The zero-order valence-corrected chi connectivity index (χ0v) is 15.2. The van der Waals surface area contributed by atoms with Crippen LogP contribution in [0, 0.1) is 0 Å². The number of benzene rings is 2. The lowest BCUT2D eigenvalue weighted by atomic mass is 10.1. The summed E-state index contributed by atoms with van der Waals surface area (Å²) in [6, 6.07) is 12.5. The Kier molecular flexibility index (Phi) is 5.02. The molecule has 0 unspecified atom stereocenters. The molecule has 0 aliphatic carbocycles. The van der Waals surface area contributed by atoms with Crippen molar-refractivity contribution in [1.29, 1.82) is 0 Å². The second kappa shape index (κ2) is 7.39. The van der Waals surface area contributed by atoms with E-state index < -0.39 is 0 Å². The fourth-order valence-corrected chi connectivity index (χ4v) is 2.78. The Morgan fingerprint density at radius 1 is 0.962 bits per heavy atom. The topological polar surface area (TPSA) is 69.9 Å². The van der Waals surface area contributed by atoms with Gasteiger partial charge in [-0.25, -0.2) is 0 Å². The van der Waals surface area contributed by atoms with E-state index in [1.807, 2.05) is 37.3 Å². The van der Waals surface area contributed by atoms with E-state index in [0.717, 1.165) is 10.9 Å². The van der Waals surface area contributed by atoms with Crippen LogP contribution in [0.4, 0.5) is 0 Å². The predicted octanol–water partition coefficient (Wildman–Crippen LogP) is 3.95. The molecule has 3 aromatic rings. The highest BCUT2D eigenvalue weighted by atomic mass is 16.5. The Hall–Kier alpha value is -3.15. The van der Waals surface area contributed by atoms with Crippen molar-refractivity contribution in [3.63, 3.8) is 0 Å². The van der Waals surface area contributed by atoms with Gasteiger partial charge in [0.2, 0.25) is 0 Å². The quantitative estimate of drug-likeness (QED) is 0.725. The predicted molar refractivity (Wildman–Crippen MR) is 98.2 cm³/mol. The summed E-state index contributed by atoms with van der Waals surface area (Å²) in [5.41, 5.74) is 1.45. The van der Waals surface area contributed by atoms with Gasteiger partial charge in [0.1, 0.15) is 0 Å². The zero-order valence-electron chi connectivity index (χ0n) is 15.2. The van der Waals surface area contributed by atoms with Crippen LogP contribution in [-0.4, -0.2) is 27.2 Å². The highest BCUT2D eigenvalue weighted by molar-refractivity contribution is 5.97. The van der Waals surface area contributed by atoms with Gasteiger partial charge in [-0.05, 0) is 36.8 Å². The van der Waals surface area contributed by atoms with Crippen LogP contribution in [0.1, 0.15) is 29.1 Å². The van der Waals surface area contributed by atoms with Crippen LogP contribution in [0.3, 0.4) is 0 Å². The molecule has 0 saturated carbocycles. The monoisotopic (exact) mass is 355 g/mol. The number of nitrogens with one attached hydrogen (secondary N) is 1. The third kappa shape index (κ3) is 3.31. The van der Waals surface area contributed by atoms with Crippen LogP contribution in [0.2, 0.25) is 0 Å². The summed E-state index contributed by atoms with van der Waals surface area (Å²) in [7, 11) is 4.72. The van der Waals surface area contributed by atoms with Crippen molar-refractivity contribution in [2.75, 3.05) is 21.3 Å². The van der Waals surface area contributed by atoms with E-state index in [9.17, 15) is 4.79 Å². The van der Waals surface area contributed by atoms with Crippen LogP contribution >= 0.6 is 0 Å². The molecule has 1 amide bonds. The summed E-state index contributed by atoms with van der Waals surface area (Å²) < 4.78 is 21.5. The van der Waals surface area contributed by atoms with Crippen LogP contribution in [-0.2, 0) is 0 Å². The molecule has 2 aromatic carbocycles. The molecular formula is C20H21NO5. The summed E-state index contributed by atoms with van der Waals surface area (Å²) in [6.07, 6.45) is 0. The Morgan fingerprint density at radius 2 is 1.69 bits per heavy atom. The molecule has 1 N–H and O–H groups in total. The molecular weight excluding hydrogens is 334 g/mol. The van der Waals surface area contributed by atoms with E-state index in [2.05, 4.69) is 5.32 Å². The van der Waals surface area contributed by atoms with Gasteiger partial charge in [-0.2, -0.15) is 0 Å². The van der Waals surface area contributed by atoms with E-state index in [1.165, 1.54) is 0 Å². The molecule has 26 heavy (non-hydrogen) atoms. The van der Waals surface area contributed by atoms with Crippen molar-refractivity contribution in [1.82, 2.24) is 5.32 Å². The van der Waals surface area contributed by atoms with Crippen LogP contribution in [0.15, 0.2) is 46.9 Å². The number of hydrogen-bond donors (Lipinski definition) is 1. The number of rotatable bonds is 6. The number of ether oxygens (including phenoxy) is 3. The highest BCUT2D eigenvalue weighted by Gasteiger charge is 2.18. The molecule has 3 rings (SSSR count). The fraction of sp³-hybridized carbons (Fsp3) is 0.250. The summed E-state index contributed by atoms with van der Waals surface area (Å²) >= 11 is 0. The van der Waals surface area contributed by atoms with Crippen molar-refractivity contribution in [2.45, 2.75) is 13.0 Å². The Labute approximate surface area is 151 Å². The third-order valence-electron chi connectivity index (χ3n) is 4.21. The number of methoxy groups -OCH3 is 3. The third-order valence-corrected chi connectivity index (χ3v) is 4.21. The maximum atomic E-state index is 12.6. The van der Waals surface area contributed by atoms with Crippen molar-refractivity contribution >= 4 is 16.9 Å². The molecule has 0 aliphatic rings. The van der Waals surface area contributed by atoms with E-state index in [0.29, 0.717) is 22.8 Å². The molecule has 1 heterocycles. The molecule has 0 spiro atoms. The summed E-state index contributed by atoms with van der Waals surface area (Å²) in [5.74, 6) is 1.77. The Balaban J connectivity index is 1.81. The normalized spacial score (nSPS) is 11.8. The van der Waals surface area contributed by atoms with E-state index in [1.54, 1.807) is 33.5 Å². The minimum absolute atomic E-state index is 0.233. The average Bonchev–Trinajstić information content (AvgIpc) is 3.11. The lowest BCUT2D eigenvalue weighted by molar-refractivity contribution is 0.0914. The Bertz CT molecular complexity index is 931. The fourth-order valence-electron chi connectivity index (χ4n) is 2.78. The summed E-state index contributed by atoms with van der Waals surface area (Å²) in [4.78, 5) is 12.6. The number of para-hydroxylation sites is 1. The van der Waals surface area contributed by atoms with Gasteiger partial charge in [-0.1, -0.05) is 18.2 Å². The van der Waals surface area contributed by atoms with Gasteiger partial charge < -0.3 is 23.9 Å². The smallest absolute Gasteiger partial charge is 0.287 e. The van der Waals surface area contributed by atoms with Crippen molar-refractivity contribution in [2.24, 2.45) is 0 Å². The van der Waals surface area contributed by atoms with E-state index in [4.69, 9.17) is 18.6 Å². The maximum absolute atomic E-state index is 12.6. The van der Waals surface area contributed by atoms with Crippen LogP contribution < -0.4 is 19.5 Å². The molecule has 1 atom stereocenters. The second-order valence-electron chi connectivity index (χ2n) is 5.80. The molecule has 0 fully saturated rings. The van der Waals surface area contributed by atoms with Crippen LogP contribution in [0.5, 0.6) is 17.2 Å². The van der Waals surface area contributed by atoms with Crippen molar-refractivity contribution < 1.29 is 23.4 Å². The molecule has 136 valence electrons. The SMILES string of the molecule is COc1ccc([C@H](C)NC(=O)c2cc3cccc(OC)c3o2)cc1OC. The van der Waals surface area contributed by atoms with Gasteiger partial charge in [0, 0.05) is 5.39 Å². The molecule has 0 radical (unpaired) electrons. The van der Waals surface area contributed by atoms with Crippen molar-refractivity contribution in [3.05, 3.63) is 53.8 Å². The molecule has 0 aliphatic heterocycles. The minimum atomic E-state index is -0.300. The van der Waals surface area contributed by atoms with Crippen LogP contribution in [0.25, 0.3) is 11.0 Å². The lowest BCUT2D eigenvalue weighted by Gasteiger charge is -2.16. The average molecular weight is 355 g/mol. The summed E-state index contributed by atoms with van der Waals surface area (Å²) in [5, 5.41) is 3.74. The molecule has 0 saturated heterocycles. The number of carbonyl (C=O) groups excluding carboxylic acids is 1. The molecule has 0 bridgehead atoms. The zero-order chi connectivity index (χ0) is 18.7. The summed E-state index contributed by atoms with van der Waals surface area (Å²) in [6.45, 7) is 1.89. The second-order valence-corrected chi connectivity index (χ2v) is 5.80. The largest absolute Gasteiger partial charge is 0.493 e. The number of fused-ring (bicyclic) bond motifs is 1. The molecule has 1 aromatic heterocycles. The number of carbonyl (C=O) groups is 1. The first-order chi connectivity index (χ1) is 12.6. The Morgan fingerprint density at radius 3 is 2.38 bits per heavy atom. The van der Waals surface area contributed by atoms with Crippen molar-refractivity contribution in [3.8, 4) is 17.2 Å². The number of hydrogen-bond acceptors (Lipinski definition) is 5. The first-order valence-corrected chi connectivity index (χ1v) is 8.16. The van der Waals surface area contributed by atoms with Gasteiger partial charge in [0.15, 0.2) is 28.6 Å². The molecule has 6 heteroatoms. The van der Waals surface area contributed by atoms with Gasteiger partial charge in [-0.3, -0.25) is 4.79 Å². The van der Waals surface area contributed by atoms with E-state index in [-0.39, 0.29) is 17.7 Å². The first kappa shape index (κ1) is 17.7. The van der Waals surface area contributed by atoms with E-state index >= 15 is 0 Å². The van der Waals surface area contributed by atoms with Gasteiger partial charge in [0.25, 0.3) is 5.91 Å². The lowest BCUT2D eigenvalue weighted by Crippen LogP contribution is -2.26. The molecule has 6 nitrogen and oxygen atoms in total. The van der Waals surface area contributed by atoms with Gasteiger partial charge in [-0.15, -0.1) is 0 Å². The number of furan rings is 1. The standard InChI is InChI=1S/C20H21NO5/c1-12(13-8-9-15(23-2)17(10-13)25-4)21-20(22)18-11-14-6-5-7-16(24-3)19(14)26-18/h5-12H,1-4H3,(H,21,22)/t12-/m0/s1. The van der Waals surface area contributed by atoms with Gasteiger partial charge >= 0.3 is 0 Å². The minimum Gasteiger partial charge on any atom is -0.493 e. The maximum Gasteiger partial charge on any atom is 0.287 e. The number of amides is 1. The first-order valence-electron chi connectivity index (χ1n) is 8.16. The van der Waals surface area contributed by atoms with Gasteiger partial charge in [0.05, 0.1) is 27.4 Å².